The normalized spacial score (nSPS) is 19.4. The maximum Gasteiger partial charge on any atom is 0.219 e. The summed E-state index contributed by atoms with van der Waals surface area (Å²) in [6.45, 7) is 10.9. The van der Waals surface area contributed by atoms with E-state index in [0.717, 1.165) is 12.3 Å². The fourth-order valence-corrected chi connectivity index (χ4v) is 4.19. The number of thiocarbonyl (C=S) groups is 1. The van der Waals surface area contributed by atoms with Crippen LogP contribution in [0.4, 0.5) is 0 Å². The maximum absolute atomic E-state index is 5.75. The summed E-state index contributed by atoms with van der Waals surface area (Å²) in [6, 6.07) is 0. The van der Waals surface area contributed by atoms with Crippen molar-refractivity contribution in [2.24, 2.45) is 0 Å². The Morgan fingerprint density at radius 1 is 1.32 bits per heavy atom. The van der Waals surface area contributed by atoms with Crippen LogP contribution in [0, 0.1) is 0 Å². The Bertz CT molecular complexity index is 265. The summed E-state index contributed by atoms with van der Waals surface area (Å²) in [5, 5.41) is -0.201. The second-order valence-electron chi connectivity index (χ2n) is 3.86. The number of hydrogen-bond acceptors (Lipinski definition) is 3. The van der Waals surface area contributed by atoms with E-state index < -0.39 is 3.79 Å². The van der Waals surface area contributed by atoms with Crippen molar-refractivity contribution < 1.29 is 0 Å². The molecule has 114 valence electrons. The highest BCUT2D eigenvalue weighted by Gasteiger charge is 2.41. The number of thiol groups is 1. The van der Waals surface area contributed by atoms with E-state index in [9.17, 15) is 0 Å². The van der Waals surface area contributed by atoms with E-state index in [1.165, 1.54) is 19.6 Å². The molecule has 1 unspecified atom stereocenters. The number of thioether (sulfide) groups is 1. The number of alkyl halides is 3. The van der Waals surface area contributed by atoms with E-state index in [1.807, 2.05) is 4.90 Å². The third kappa shape index (κ3) is 7.84. The van der Waals surface area contributed by atoms with Gasteiger partial charge in [-0.1, -0.05) is 67.8 Å². The molecule has 0 aromatic heterocycles. The molecule has 8 heteroatoms. The standard InChI is InChI=1S/C6H15N.C5H6Cl3NS3/c1-4-7(5-2)6-3;6-5(7,8)3-9(4(10)11)1-2-12-3/h4-6H2,1-3H3;3H,1-2H2,(H,10,11). The molecule has 0 aromatic carbocycles. The first-order valence-electron chi connectivity index (χ1n) is 6.18. The van der Waals surface area contributed by atoms with Gasteiger partial charge in [0, 0.05) is 12.3 Å². The lowest BCUT2D eigenvalue weighted by atomic mass is 10.5. The Morgan fingerprint density at radius 3 is 2.00 bits per heavy atom. The van der Waals surface area contributed by atoms with Crippen molar-refractivity contribution in [3.63, 3.8) is 0 Å². The van der Waals surface area contributed by atoms with Gasteiger partial charge >= 0.3 is 0 Å². The zero-order valence-corrected chi connectivity index (χ0v) is 16.2. The van der Waals surface area contributed by atoms with E-state index in [0.29, 0.717) is 4.32 Å². The molecule has 0 aliphatic carbocycles. The fraction of sp³-hybridized carbons (Fsp3) is 0.909. The summed E-state index contributed by atoms with van der Waals surface area (Å²) < 4.78 is -0.815. The topological polar surface area (TPSA) is 6.48 Å². The van der Waals surface area contributed by atoms with E-state index >= 15 is 0 Å². The van der Waals surface area contributed by atoms with Crippen LogP contribution in [-0.4, -0.2) is 55.2 Å². The van der Waals surface area contributed by atoms with Gasteiger partial charge in [0.05, 0.1) is 0 Å². The molecule has 1 aliphatic rings. The Hall–Kier alpha value is 1.42. The second-order valence-corrected chi connectivity index (χ2v) is 8.53. The molecule has 0 amide bonds. The predicted octanol–water partition coefficient (Wildman–Crippen LogP) is 4.29. The average molecular weight is 384 g/mol. The molecule has 1 aliphatic heterocycles. The highest BCUT2D eigenvalue weighted by molar-refractivity contribution is 8.11. The molecule has 1 saturated heterocycles. The monoisotopic (exact) mass is 382 g/mol. The minimum absolute atomic E-state index is 0.201. The van der Waals surface area contributed by atoms with Crippen molar-refractivity contribution in [3.05, 3.63) is 0 Å². The highest BCUT2D eigenvalue weighted by Crippen LogP contribution is 2.42. The van der Waals surface area contributed by atoms with Crippen LogP contribution in [0.3, 0.4) is 0 Å². The summed E-state index contributed by atoms with van der Waals surface area (Å²) in [5.74, 6) is 0.916. The Kier molecular flexibility index (Phi) is 11.0. The summed E-state index contributed by atoms with van der Waals surface area (Å²) in [4.78, 5) is 4.19. The average Bonchev–Trinajstić information content (AvgIpc) is 2.81. The minimum atomic E-state index is -1.30. The molecule has 0 bridgehead atoms. The van der Waals surface area contributed by atoms with Crippen molar-refractivity contribution in [1.82, 2.24) is 9.80 Å². The van der Waals surface area contributed by atoms with Crippen LogP contribution in [0.1, 0.15) is 20.8 Å². The van der Waals surface area contributed by atoms with Gasteiger partial charge in [-0.2, -0.15) is 0 Å². The van der Waals surface area contributed by atoms with Crippen LogP contribution in [0.15, 0.2) is 0 Å². The van der Waals surface area contributed by atoms with Gasteiger partial charge in [-0.15, -0.1) is 24.4 Å². The van der Waals surface area contributed by atoms with E-state index in [2.05, 4.69) is 38.3 Å². The molecule has 1 atom stereocenters. The SMILES string of the molecule is CCN(CC)CC.S=C(S)N1CCSC1C(Cl)(Cl)Cl. The van der Waals surface area contributed by atoms with Crippen molar-refractivity contribution in [3.8, 4) is 0 Å². The van der Waals surface area contributed by atoms with Gasteiger partial charge in [0.1, 0.15) is 9.69 Å². The molecule has 1 heterocycles. The van der Waals surface area contributed by atoms with Gasteiger partial charge < -0.3 is 9.80 Å². The number of halogens is 3. The third-order valence-electron chi connectivity index (χ3n) is 2.76. The molecule has 1 fully saturated rings. The number of rotatable bonds is 3. The maximum atomic E-state index is 5.75. The Morgan fingerprint density at radius 2 is 1.79 bits per heavy atom. The van der Waals surface area contributed by atoms with E-state index in [-0.39, 0.29) is 5.37 Å². The van der Waals surface area contributed by atoms with Crippen molar-refractivity contribution >= 4 is 75.7 Å². The van der Waals surface area contributed by atoms with Gasteiger partial charge in [0.25, 0.3) is 0 Å². The Labute approximate surface area is 146 Å². The smallest absolute Gasteiger partial charge is 0.219 e. The zero-order chi connectivity index (χ0) is 15.1. The molecule has 0 saturated carbocycles. The van der Waals surface area contributed by atoms with Gasteiger partial charge in [-0.25, -0.2) is 0 Å². The van der Waals surface area contributed by atoms with Crippen LogP contribution in [-0.2, 0) is 0 Å². The fourth-order valence-electron chi connectivity index (χ4n) is 1.61. The van der Waals surface area contributed by atoms with Crippen LogP contribution >= 0.6 is 71.4 Å². The molecule has 0 radical (unpaired) electrons. The number of hydrogen-bond donors (Lipinski definition) is 1. The highest BCUT2D eigenvalue weighted by atomic mass is 35.6. The summed E-state index contributed by atoms with van der Waals surface area (Å²) >= 11 is 27.8. The minimum Gasteiger partial charge on any atom is -0.341 e. The summed E-state index contributed by atoms with van der Waals surface area (Å²) in [6.07, 6.45) is 0. The third-order valence-corrected chi connectivity index (χ3v) is 5.60. The molecule has 0 N–H and O–H groups in total. The zero-order valence-electron chi connectivity index (χ0n) is 11.4. The van der Waals surface area contributed by atoms with E-state index in [1.54, 1.807) is 11.8 Å². The van der Waals surface area contributed by atoms with Crippen molar-refractivity contribution in [2.75, 3.05) is 31.9 Å². The predicted molar refractivity (Wildman–Crippen MR) is 98.3 cm³/mol. The van der Waals surface area contributed by atoms with Gasteiger partial charge in [0.2, 0.25) is 3.79 Å². The summed E-state index contributed by atoms with van der Waals surface area (Å²) in [5.41, 5.74) is 0. The van der Waals surface area contributed by atoms with Crippen LogP contribution < -0.4 is 0 Å². The van der Waals surface area contributed by atoms with Crippen LogP contribution in [0.2, 0.25) is 0 Å². The first-order chi connectivity index (χ1) is 8.77. The molecule has 2 nitrogen and oxygen atoms in total. The molecule has 0 spiro atoms. The van der Waals surface area contributed by atoms with Crippen LogP contribution in [0.5, 0.6) is 0 Å². The largest absolute Gasteiger partial charge is 0.341 e. The van der Waals surface area contributed by atoms with Crippen molar-refractivity contribution in [2.45, 2.75) is 29.9 Å². The van der Waals surface area contributed by atoms with E-state index in [4.69, 9.17) is 47.0 Å². The number of nitrogens with zero attached hydrogens (tertiary/aromatic N) is 2. The lowest BCUT2D eigenvalue weighted by molar-refractivity contribution is 0.321. The first-order valence-corrected chi connectivity index (χ1v) is 9.21. The molecule has 19 heavy (non-hydrogen) atoms. The first kappa shape index (κ1) is 20.4. The molecule has 1 rings (SSSR count). The van der Waals surface area contributed by atoms with Crippen LogP contribution in [0.25, 0.3) is 0 Å². The molecule has 0 aromatic rings. The molecular formula is C11H21Cl3N2S3. The lowest BCUT2D eigenvalue weighted by Gasteiger charge is -2.28. The van der Waals surface area contributed by atoms with Gasteiger partial charge in [-0.3, -0.25) is 0 Å². The van der Waals surface area contributed by atoms with Gasteiger partial charge in [-0.05, 0) is 19.6 Å². The van der Waals surface area contributed by atoms with Gasteiger partial charge in [0.15, 0.2) is 0 Å². The quantitative estimate of drug-likeness (QED) is 0.441. The molecular weight excluding hydrogens is 363 g/mol. The lowest BCUT2D eigenvalue weighted by Crippen LogP contribution is -2.39. The second kappa shape index (κ2) is 10.2. The Balaban J connectivity index is 0.000000399. The summed E-state index contributed by atoms with van der Waals surface area (Å²) in [7, 11) is 0. The van der Waals surface area contributed by atoms with Crippen molar-refractivity contribution in [1.29, 1.82) is 0 Å².